The molecule has 0 spiro atoms. The van der Waals surface area contributed by atoms with Gasteiger partial charge in [0.05, 0.1) is 0 Å². The zero-order chi connectivity index (χ0) is 14.6. The fraction of sp³-hybridized carbons (Fsp3) is 0.364. The molecule has 6 nitrogen and oxygen atoms in total. The number of carbonyl (C=O) groups excluding carboxylic acids is 1. The smallest absolute Gasteiger partial charge is 0.404 e. The number of ether oxygens (including phenoxy) is 2. The highest BCUT2D eigenvalue weighted by Crippen LogP contribution is 2.32. The summed E-state index contributed by atoms with van der Waals surface area (Å²) in [6.45, 7) is 1.40. The van der Waals surface area contributed by atoms with Crippen molar-refractivity contribution in [3.63, 3.8) is 0 Å². The van der Waals surface area contributed by atoms with E-state index in [-0.39, 0.29) is 10.6 Å². The summed E-state index contributed by atoms with van der Waals surface area (Å²) in [5, 5.41) is 9.11. The number of primary amides is 1. The number of aliphatic hydroxyl groups excluding tert-OH is 1. The summed E-state index contributed by atoms with van der Waals surface area (Å²) in [6.07, 6.45) is -4.95. The summed E-state index contributed by atoms with van der Waals surface area (Å²) in [7, 11) is 0. The summed E-state index contributed by atoms with van der Waals surface area (Å²) >= 11 is 5.87. The molecule has 0 radical (unpaired) electrons. The van der Waals surface area contributed by atoms with E-state index in [0.29, 0.717) is 0 Å². The molecule has 0 aliphatic heterocycles. The van der Waals surface area contributed by atoms with Gasteiger partial charge in [-0.25, -0.2) is 9.18 Å². The summed E-state index contributed by atoms with van der Waals surface area (Å²) in [6, 6.07) is 3.98. The Morgan fingerprint density at radius 3 is 2.63 bits per heavy atom. The van der Waals surface area contributed by atoms with Crippen LogP contribution in [0.3, 0.4) is 0 Å². The topological polar surface area (TPSA) is 108 Å². The molecule has 0 bridgehead atoms. The number of aliphatic hydroxyl groups is 1. The van der Waals surface area contributed by atoms with Gasteiger partial charge in [-0.05, 0) is 19.1 Å². The van der Waals surface area contributed by atoms with Crippen LogP contribution in [0.4, 0.5) is 9.18 Å². The van der Waals surface area contributed by atoms with E-state index >= 15 is 0 Å². The quantitative estimate of drug-likeness (QED) is 0.708. The van der Waals surface area contributed by atoms with Crippen LogP contribution in [0.25, 0.3) is 0 Å². The van der Waals surface area contributed by atoms with Gasteiger partial charge in [0.1, 0.15) is 18.0 Å². The Morgan fingerprint density at radius 2 is 2.16 bits per heavy atom. The zero-order valence-corrected chi connectivity index (χ0v) is 10.8. The second-order valence-electron chi connectivity index (χ2n) is 3.72. The third-order valence-corrected chi connectivity index (χ3v) is 2.63. The van der Waals surface area contributed by atoms with Crippen molar-refractivity contribution >= 4 is 17.7 Å². The monoisotopic (exact) mass is 292 g/mol. The molecule has 1 aromatic carbocycles. The minimum absolute atomic E-state index is 0.0468. The first kappa shape index (κ1) is 15.6. The molecule has 0 heterocycles. The average molecular weight is 293 g/mol. The molecule has 106 valence electrons. The summed E-state index contributed by atoms with van der Waals surface area (Å²) < 4.78 is 23.4. The molecule has 0 aliphatic rings. The Hall–Kier alpha value is -1.41. The summed E-state index contributed by atoms with van der Waals surface area (Å²) in [5.74, 6) is -0.682. The van der Waals surface area contributed by atoms with Crippen LogP contribution in [0.15, 0.2) is 18.2 Å². The lowest BCUT2D eigenvalue weighted by atomic mass is 10.0. The van der Waals surface area contributed by atoms with Crippen LogP contribution in [0.2, 0.25) is 5.02 Å². The lowest BCUT2D eigenvalue weighted by Crippen LogP contribution is -2.34. The van der Waals surface area contributed by atoms with Gasteiger partial charge in [-0.1, -0.05) is 17.7 Å². The minimum atomic E-state index is -1.69. The highest BCUT2D eigenvalue weighted by Gasteiger charge is 2.29. The van der Waals surface area contributed by atoms with Crippen molar-refractivity contribution < 1.29 is 23.8 Å². The molecule has 1 rings (SSSR count). The van der Waals surface area contributed by atoms with Crippen LogP contribution in [-0.2, 0) is 9.47 Å². The predicted octanol–water partition coefficient (Wildman–Crippen LogP) is 1.26. The maximum atomic E-state index is 13.8. The highest BCUT2D eigenvalue weighted by atomic mass is 35.5. The van der Waals surface area contributed by atoms with Gasteiger partial charge in [-0.15, -0.1) is 0 Å². The number of nitrogens with two attached hydrogens (primary N) is 2. The van der Waals surface area contributed by atoms with E-state index in [4.69, 9.17) is 37.6 Å². The van der Waals surface area contributed by atoms with Gasteiger partial charge >= 0.3 is 6.09 Å². The van der Waals surface area contributed by atoms with Crippen LogP contribution in [0, 0.1) is 5.82 Å². The number of carbonyl (C=O) groups is 1. The standard InChI is InChI=1S/C11H14ClFN2O4/c1-5(18-10(14)16)9(19-11(15)17)8-6(12)3-2-4-7(8)13/h2-5,9,11,17H,15H2,1H3,(H2,14,16)/t5-,9+,11?/m1/s1. The Balaban J connectivity index is 3.12. The Morgan fingerprint density at radius 1 is 1.53 bits per heavy atom. The van der Waals surface area contributed by atoms with Crippen molar-refractivity contribution in [3.05, 3.63) is 34.6 Å². The van der Waals surface area contributed by atoms with Crippen molar-refractivity contribution in [1.82, 2.24) is 0 Å². The molecule has 3 atom stereocenters. The fourth-order valence-electron chi connectivity index (χ4n) is 1.59. The SMILES string of the molecule is C[C@@H](OC(N)=O)[C@H](OC(N)O)c1c(F)cccc1Cl. The fourth-order valence-corrected chi connectivity index (χ4v) is 1.86. The van der Waals surface area contributed by atoms with E-state index in [1.807, 2.05) is 0 Å². The van der Waals surface area contributed by atoms with Gasteiger partial charge in [0, 0.05) is 10.6 Å². The molecule has 5 N–H and O–H groups in total. The van der Waals surface area contributed by atoms with Crippen LogP contribution in [0.5, 0.6) is 0 Å². The van der Waals surface area contributed by atoms with E-state index in [2.05, 4.69) is 0 Å². The number of halogens is 2. The molecule has 19 heavy (non-hydrogen) atoms. The van der Waals surface area contributed by atoms with Gasteiger partial charge in [0.2, 0.25) is 6.41 Å². The molecule has 1 aromatic rings. The lowest BCUT2D eigenvalue weighted by molar-refractivity contribution is -0.161. The maximum Gasteiger partial charge on any atom is 0.404 e. The second-order valence-corrected chi connectivity index (χ2v) is 4.13. The van der Waals surface area contributed by atoms with Gasteiger partial charge < -0.3 is 20.3 Å². The van der Waals surface area contributed by atoms with Crippen LogP contribution < -0.4 is 11.5 Å². The molecule has 0 fully saturated rings. The van der Waals surface area contributed by atoms with Gasteiger partial charge in [0.25, 0.3) is 0 Å². The van der Waals surface area contributed by atoms with Crippen LogP contribution in [-0.4, -0.2) is 23.7 Å². The minimum Gasteiger partial charge on any atom is -0.444 e. The van der Waals surface area contributed by atoms with E-state index in [9.17, 15) is 9.18 Å². The average Bonchev–Trinajstić information content (AvgIpc) is 2.25. The van der Waals surface area contributed by atoms with E-state index in [0.717, 1.165) is 6.07 Å². The number of hydrogen-bond acceptors (Lipinski definition) is 5. The molecule has 1 amide bonds. The molecule has 1 unspecified atom stereocenters. The van der Waals surface area contributed by atoms with Crippen molar-refractivity contribution in [2.45, 2.75) is 25.5 Å². The largest absolute Gasteiger partial charge is 0.444 e. The number of amides is 1. The third kappa shape index (κ3) is 4.32. The first-order valence-electron chi connectivity index (χ1n) is 5.32. The lowest BCUT2D eigenvalue weighted by Gasteiger charge is -2.26. The predicted molar refractivity (Wildman–Crippen MR) is 65.6 cm³/mol. The summed E-state index contributed by atoms with van der Waals surface area (Å²) in [5.41, 5.74) is 9.89. The zero-order valence-electron chi connectivity index (χ0n) is 10.0. The first-order chi connectivity index (χ1) is 8.82. The molecule has 0 saturated heterocycles. The van der Waals surface area contributed by atoms with E-state index < -0.39 is 30.5 Å². The van der Waals surface area contributed by atoms with Crippen molar-refractivity contribution in [3.8, 4) is 0 Å². The molecular formula is C11H14ClFN2O4. The normalized spacial score (nSPS) is 15.6. The van der Waals surface area contributed by atoms with E-state index in [1.165, 1.54) is 19.1 Å². The summed E-state index contributed by atoms with van der Waals surface area (Å²) in [4.78, 5) is 10.7. The molecule has 8 heteroatoms. The molecule has 0 saturated carbocycles. The van der Waals surface area contributed by atoms with Crippen LogP contribution >= 0.6 is 11.6 Å². The third-order valence-electron chi connectivity index (χ3n) is 2.30. The first-order valence-corrected chi connectivity index (χ1v) is 5.69. The van der Waals surface area contributed by atoms with Crippen molar-refractivity contribution in [2.75, 3.05) is 0 Å². The van der Waals surface area contributed by atoms with Crippen LogP contribution in [0.1, 0.15) is 18.6 Å². The van der Waals surface area contributed by atoms with Gasteiger partial charge in [-0.2, -0.15) is 0 Å². The highest BCUT2D eigenvalue weighted by molar-refractivity contribution is 6.31. The van der Waals surface area contributed by atoms with Crippen molar-refractivity contribution in [2.24, 2.45) is 11.5 Å². The van der Waals surface area contributed by atoms with E-state index in [1.54, 1.807) is 0 Å². The number of rotatable bonds is 5. The molecule has 0 aromatic heterocycles. The van der Waals surface area contributed by atoms with Gasteiger partial charge in [-0.3, -0.25) is 5.73 Å². The Kier molecular flexibility index (Phi) is 5.49. The Labute approximate surface area is 114 Å². The Bertz CT molecular complexity index is 438. The van der Waals surface area contributed by atoms with Gasteiger partial charge in [0.15, 0.2) is 0 Å². The number of benzene rings is 1. The maximum absolute atomic E-state index is 13.8. The second kappa shape index (κ2) is 6.67. The molecule has 0 aliphatic carbocycles. The van der Waals surface area contributed by atoms with Crippen molar-refractivity contribution in [1.29, 1.82) is 0 Å². The molecular weight excluding hydrogens is 279 g/mol. The number of hydrogen-bond donors (Lipinski definition) is 3.